The number of benzene rings is 2. The van der Waals surface area contributed by atoms with Gasteiger partial charge in [0.2, 0.25) is 0 Å². The SMILES string of the molecule is Ic1ccc2nc(-c3ccc(-c4cc[nH]n4)cc3)sc2c1. The van der Waals surface area contributed by atoms with Gasteiger partial charge in [-0.25, -0.2) is 4.98 Å². The second-order valence-corrected chi connectivity index (χ2v) is 6.94. The van der Waals surface area contributed by atoms with Crippen molar-refractivity contribution in [3.63, 3.8) is 0 Å². The Labute approximate surface area is 139 Å². The Hall–Kier alpha value is -1.73. The Kier molecular flexibility index (Phi) is 3.23. The molecule has 0 aliphatic heterocycles. The van der Waals surface area contributed by atoms with Gasteiger partial charge in [0.1, 0.15) is 5.01 Å². The average molecular weight is 403 g/mol. The molecule has 0 spiro atoms. The summed E-state index contributed by atoms with van der Waals surface area (Å²) in [5, 5.41) is 8.09. The molecule has 0 saturated carbocycles. The molecular formula is C16H10IN3S. The van der Waals surface area contributed by atoms with Gasteiger partial charge in [0, 0.05) is 20.9 Å². The molecule has 3 nitrogen and oxygen atoms in total. The number of H-pyrrole nitrogens is 1. The summed E-state index contributed by atoms with van der Waals surface area (Å²) in [6.45, 7) is 0. The molecule has 2 heterocycles. The summed E-state index contributed by atoms with van der Waals surface area (Å²) in [5.74, 6) is 0. The number of aromatic amines is 1. The van der Waals surface area contributed by atoms with Gasteiger partial charge in [0.05, 0.1) is 15.9 Å². The Morgan fingerprint density at radius 1 is 0.952 bits per heavy atom. The zero-order valence-electron chi connectivity index (χ0n) is 10.9. The normalized spacial score (nSPS) is 11.1. The summed E-state index contributed by atoms with van der Waals surface area (Å²) in [7, 11) is 0. The second-order valence-electron chi connectivity index (χ2n) is 4.67. The lowest BCUT2D eigenvalue weighted by Crippen LogP contribution is -1.80. The van der Waals surface area contributed by atoms with Gasteiger partial charge in [-0.2, -0.15) is 5.10 Å². The standard InChI is InChI=1S/C16H10IN3S/c17-12-5-6-14-15(9-12)21-16(19-14)11-3-1-10(2-4-11)13-7-8-18-20-13/h1-9H,(H,18,20). The summed E-state index contributed by atoms with van der Waals surface area (Å²) in [5.41, 5.74) is 4.27. The zero-order chi connectivity index (χ0) is 14.2. The molecule has 1 N–H and O–H groups in total. The van der Waals surface area contributed by atoms with E-state index < -0.39 is 0 Å². The number of rotatable bonds is 2. The van der Waals surface area contributed by atoms with Crippen LogP contribution in [0.2, 0.25) is 0 Å². The van der Waals surface area contributed by atoms with E-state index in [-0.39, 0.29) is 0 Å². The van der Waals surface area contributed by atoms with Crippen molar-refractivity contribution in [1.29, 1.82) is 0 Å². The van der Waals surface area contributed by atoms with Gasteiger partial charge in [0.15, 0.2) is 0 Å². The Morgan fingerprint density at radius 2 is 1.76 bits per heavy atom. The van der Waals surface area contributed by atoms with Crippen LogP contribution in [0.1, 0.15) is 0 Å². The summed E-state index contributed by atoms with van der Waals surface area (Å²) in [6, 6.07) is 16.7. The maximum Gasteiger partial charge on any atom is 0.124 e. The zero-order valence-corrected chi connectivity index (χ0v) is 13.9. The van der Waals surface area contributed by atoms with Crippen LogP contribution in [0.5, 0.6) is 0 Å². The van der Waals surface area contributed by atoms with Crippen molar-refractivity contribution in [2.24, 2.45) is 0 Å². The summed E-state index contributed by atoms with van der Waals surface area (Å²) >= 11 is 4.06. The minimum atomic E-state index is 0.959. The highest BCUT2D eigenvalue weighted by Crippen LogP contribution is 2.32. The number of halogens is 1. The smallest absolute Gasteiger partial charge is 0.124 e. The van der Waals surface area contributed by atoms with Crippen molar-refractivity contribution in [3.05, 3.63) is 58.3 Å². The first-order chi connectivity index (χ1) is 10.3. The number of fused-ring (bicyclic) bond motifs is 1. The van der Waals surface area contributed by atoms with Crippen LogP contribution in [0, 0.1) is 3.57 Å². The number of aromatic nitrogens is 3. The molecule has 102 valence electrons. The van der Waals surface area contributed by atoms with Crippen molar-refractivity contribution >= 4 is 44.1 Å². The van der Waals surface area contributed by atoms with E-state index in [1.165, 1.54) is 8.27 Å². The van der Waals surface area contributed by atoms with Gasteiger partial charge in [0.25, 0.3) is 0 Å². The molecule has 5 heteroatoms. The third-order valence-electron chi connectivity index (χ3n) is 3.28. The Morgan fingerprint density at radius 3 is 2.52 bits per heavy atom. The quantitative estimate of drug-likeness (QED) is 0.481. The van der Waals surface area contributed by atoms with Gasteiger partial charge in [-0.1, -0.05) is 24.3 Å². The van der Waals surface area contributed by atoms with Crippen molar-refractivity contribution in [3.8, 4) is 21.8 Å². The van der Waals surface area contributed by atoms with Crippen LogP contribution < -0.4 is 0 Å². The molecule has 0 aliphatic rings. The van der Waals surface area contributed by atoms with Crippen LogP contribution in [0.15, 0.2) is 54.7 Å². The third kappa shape index (κ3) is 2.47. The minimum absolute atomic E-state index is 0.959. The van der Waals surface area contributed by atoms with Gasteiger partial charge < -0.3 is 0 Å². The van der Waals surface area contributed by atoms with Crippen LogP contribution in [-0.2, 0) is 0 Å². The monoisotopic (exact) mass is 403 g/mol. The van der Waals surface area contributed by atoms with E-state index in [1.54, 1.807) is 11.3 Å². The van der Waals surface area contributed by atoms with Crippen LogP contribution in [0.4, 0.5) is 0 Å². The molecule has 0 fully saturated rings. The topological polar surface area (TPSA) is 41.6 Å². The van der Waals surface area contributed by atoms with E-state index in [9.17, 15) is 0 Å². The second kappa shape index (κ2) is 5.23. The molecule has 4 aromatic rings. The van der Waals surface area contributed by atoms with Gasteiger partial charge in [-0.05, 0) is 46.9 Å². The molecule has 2 aromatic heterocycles. The first-order valence-electron chi connectivity index (χ1n) is 6.46. The van der Waals surface area contributed by atoms with Gasteiger partial charge in [-0.3, -0.25) is 5.10 Å². The molecule has 4 rings (SSSR count). The molecule has 0 unspecified atom stereocenters. The first kappa shape index (κ1) is 13.0. The predicted molar refractivity (Wildman–Crippen MR) is 95.4 cm³/mol. The molecule has 0 bridgehead atoms. The number of thiazole rings is 1. The van der Waals surface area contributed by atoms with Crippen molar-refractivity contribution in [2.75, 3.05) is 0 Å². The first-order valence-corrected chi connectivity index (χ1v) is 8.36. The Bertz CT molecular complexity index is 895. The highest BCUT2D eigenvalue weighted by molar-refractivity contribution is 14.1. The van der Waals surface area contributed by atoms with E-state index in [2.05, 4.69) is 75.3 Å². The van der Waals surface area contributed by atoms with Crippen LogP contribution in [-0.4, -0.2) is 15.2 Å². The molecular weight excluding hydrogens is 393 g/mol. The van der Waals surface area contributed by atoms with E-state index in [4.69, 9.17) is 4.98 Å². The summed E-state index contributed by atoms with van der Waals surface area (Å²) in [6.07, 6.45) is 1.83. The number of nitrogens with zero attached hydrogens (tertiary/aromatic N) is 2. The lowest BCUT2D eigenvalue weighted by atomic mass is 10.1. The molecule has 21 heavy (non-hydrogen) atoms. The fourth-order valence-electron chi connectivity index (χ4n) is 2.23. The molecule has 0 saturated heterocycles. The minimum Gasteiger partial charge on any atom is -0.285 e. The van der Waals surface area contributed by atoms with Crippen LogP contribution in [0.25, 0.3) is 32.0 Å². The molecule has 0 atom stereocenters. The van der Waals surface area contributed by atoms with Crippen molar-refractivity contribution < 1.29 is 0 Å². The summed E-state index contributed by atoms with van der Waals surface area (Å²) < 4.78 is 2.47. The van der Waals surface area contributed by atoms with Gasteiger partial charge >= 0.3 is 0 Å². The highest BCUT2D eigenvalue weighted by Gasteiger charge is 2.07. The molecule has 0 aliphatic carbocycles. The number of hydrogen-bond donors (Lipinski definition) is 1. The third-order valence-corrected chi connectivity index (χ3v) is 5.02. The van der Waals surface area contributed by atoms with E-state index >= 15 is 0 Å². The lowest BCUT2D eigenvalue weighted by Gasteiger charge is -1.98. The largest absolute Gasteiger partial charge is 0.285 e. The maximum atomic E-state index is 4.71. The fraction of sp³-hybridized carbons (Fsp3) is 0. The highest BCUT2D eigenvalue weighted by atomic mass is 127. The van der Waals surface area contributed by atoms with Gasteiger partial charge in [-0.15, -0.1) is 11.3 Å². The molecule has 0 amide bonds. The predicted octanol–water partition coefficient (Wildman–Crippen LogP) is 4.96. The summed E-state index contributed by atoms with van der Waals surface area (Å²) in [4.78, 5) is 4.71. The van der Waals surface area contributed by atoms with Crippen molar-refractivity contribution in [1.82, 2.24) is 15.2 Å². The van der Waals surface area contributed by atoms with E-state index in [0.29, 0.717) is 0 Å². The molecule has 0 radical (unpaired) electrons. The Balaban J connectivity index is 1.74. The van der Waals surface area contributed by atoms with E-state index in [1.807, 2.05) is 12.3 Å². The lowest BCUT2D eigenvalue weighted by molar-refractivity contribution is 1.10. The maximum absolute atomic E-state index is 4.71. The average Bonchev–Trinajstić information content (AvgIpc) is 3.16. The van der Waals surface area contributed by atoms with E-state index in [0.717, 1.165) is 27.3 Å². The molecule has 2 aromatic carbocycles. The number of hydrogen-bond acceptors (Lipinski definition) is 3. The van der Waals surface area contributed by atoms with Crippen LogP contribution in [0.3, 0.4) is 0 Å². The number of nitrogens with one attached hydrogen (secondary N) is 1. The fourth-order valence-corrected chi connectivity index (χ4v) is 3.94. The van der Waals surface area contributed by atoms with Crippen molar-refractivity contribution in [2.45, 2.75) is 0 Å². The van der Waals surface area contributed by atoms with Crippen LogP contribution >= 0.6 is 33.9 Å².